The van der Waals surface area contributed by atoms with Gasteiger partial charge in [-0.2, -0.15) is 61.5 Å². The van der Waals surface area contributed by atoms with Crippen molar-refractivity contribution in [2.45, 2.75) is 36.4 Å². The Bertz CT molecular complexity index is 432. The first kappa shape index (κ1) is 22.3. The van der Waals surface area contributed by atoms with Crippen LogP contribution in [0.25, 0.3) is 0 Å². The SMILES string of the molecule is O=C(OC(F)(F)C(F)(F)C(F)(F)F)OC(F)(F)C(F)(F)C(F)(F)F. The number of rotatable bonds is 4. The molecule has 0 aromatic rings. The van der Waals surface area contributed by atoms with Gasteiger partial charge < -0.3 is 9.47 Å². The summed E-state index contributed by atoms with van der Waals surface area (Å²) in [6.07, 6.45) is -32.2. The van der Waals surface area contributed by atoms with Crippen LogP contribution >= 0.6 is 0 Å². The van der Waals surface area contributed by atoms with E-state index in [1.165, 1.54) is 0 Å². The number of halogens is 14. The summed E-state index contributed by atoms with van der Waals surface area (Å²) in [6.45, 7) is 0. The molecule has 0 atom stereocenters. The lowest BCUT2D eigenvalue weighted by atomic mass is 10.3. The van der Waals surface area contributed by atoms with Crippen LogP contribution in [0.2, 0.25) is 0 Å². The van der Waals surface area contributed by atoms with Crippen molar-refractivity contribution in [2.24, 2.45) is 0 Å². The van der Waals surface area contributed by atoms with E-state index in [1.54, 1.807) is 0 Å². The second kappa shape index (κ2) is 5.68. The Labute approximate surface area is 120 Å². The van der Waals surface area contributed by atoms with E-state index in [9.17, 15) is 66.3 Å². The van der Waals surface area contributed by atoms with Gasteiger partial charge in [0, 0.05) is 0 Å². The summed E-state index contributed by atoms with van der Waals surface area (Å²) in [4.78, 5) is 10.2. The molecule has 17 heteroatoms. The molecule has 0 heterocycles. The summed E-state index contributed by atoms with van der Waals surface area (Å²) in [7, 11) is 0. The van der Waals surface area contributed by atoms with Crippen LogP contribution in [0.1, 0.15) is 0 Å². The highest BCUT2D eigenvalue weighted by molar-refractivity contribution is 5.61. The minimum atomic E-state index is -7.21. The largest absolute Gasteiger partial charge is 0.518 e. The van der Waals surface area contributed by atoms with Gasteiger partial charge in [0.15, 0.2) is 0 Å². The molecule has 0 radical (unpaired) electrons. The van der Waals surface area contributed by atoms with Crippen molar-refractivity contribution in [3.63, 3.8) is 0 Å². The molecule has 0 bridgehead atoms. The quantitative estimate of drug-likeness (QED) is 0.508. The van der Waals surface area contributed by atoms with Crippen LogP contribution in [0, 0.1) is 0 Å². The van der Waals surface area contributed by atoms with Crippen LogP contribution < -0.4 is 0 Å². The van der Waals surface area contributed by atoms with Gasteiger partial charge in [-0.1, -0.05) is 0 Å². The van der Waals surface area contributed by atoms with Crippen LogP contribution in [0.3, 0.4) is 0 Å². The molecule has 0 saturated heterocycles. The van der Waals surface area contributed by atoms with Crippen LogP contribution in [-0.4, -0.2) is 42.6 Å². The standard InChI is InChI=1S/C7F14O3/c8-2(9,4(12,13)14)6(18,19)23-1(22)24-7(20,21)3(10,11)5(15,16)17. The van der Waals surface area contributed by atoms with Gasteiger partial charge in [-0.3, -0.25) is 0 Å². The molecular formula is C7F14O3. The average molecular weight is 398 g/mol. The molecule has 0 unspecified atom stereocenters. The molecule has 0 saturated carbocycles. The molecule has 0 aromatic carbocycles. The van der Waals surface area contributed by atoms with Crippen molar-refractivity contribution in [1.82, 2.24) is 0 Å². The van der Waals surface area contributed by atoms with E-state index in [-0.39, 0.29) is 0 Å². The number of hydrogen-bond acceptors (Lipinski definition) is 3. The molecular weight excluding hydrogens is 398 g/mol. The van der Waals surface area contributed by atoms with Gasteiger partial charge in [0.1, 0.15) is 0 Å². The summed E-state index contributed by atoms with van der Waals surface area (Å²) in [5.41, 5.74) is 0. The second-order valence-electron chi connectivity index (χ2n) is 3.63. The molecule has 3 nitrogen and oxygen atoms in total. The normalized spacial score (nSPS) is 15.2. The number of hydrogen-bond donors (Lipinski definition) is 0. The van der Waals surface area contributed by atoms with Crippen molar-refractivity contribution in [2.75, 3.05) is 0 Å². The minimum absolute atomic E-state index is 1.83. The highest BCUT2D eigenvalue weighted by Crippen LogP contribution is 2.49. The third kappa shape index (κ3) is 3.85. The fraction of sp³-hybridized carbons (Fsp3) is 0.857. The fourth-order valence-electron chi connectivity index (χ4n) is 0.688. The predicted molar refractivity (Wildman–Crippen MR) is 39.5 cm³/mol. The van der Waals surface area contributed by atoms with Gasteiger partial charge in [0.25, 0.3) is 0 Å². The van der Waals surface area contributed by atoms with E-state index >= 15 is 0 Å². The van der Waals surface area contributed by atoms with Crippen LogP contribution in [0.15, 0.2) is 0 Å². The van der Waals surface area contributed by atoms with E-state index < -0.39 is 42.6 Å². The maximum atomic E-state index is 12.4. The van der Waals surface area contributed by atoms with Crippen LogP contribution in [0.4, 0.5) is 66.3 Å². The zero-order valence-corrected chi connectivity index (χ0v) is 10.0. The lowest BCUT2D eigenvalue weighted by Crippen LogP contribution is -2.56. The zero-order chi connectivity index (χ0) is 20.0. The van der Waals surface area contributed by atoms with Gasteiger partial charge in [-0.25, -0.2) is 4.79 Å². The average Bonchev–Trinajstić information content (AvgIpc) is 2.22. The molecule has 0 aromatic heterocycles. The Morgan fingerprint density at radius 2 is 0.708 bits per heavy atom. The number of alkyl halides is 14. The topological polar surface area (TPSA) is 35.5 Å². The molecule has 0 fully saturated rings. The zero-order valence-electron chi connectivity index (χ0n) is 10.0. The summed E-state index contributed by atoms with van der Waals surface area (Å²) in [6, 6.07) is 0. The van der Waals surface area contributed by atoms with Gasteiger partial charge in [0.2, 0.25) is 0 Å². The Morgan fingerprint density at radius 1 is 0.500 bits per heavy atom. The summed E-state index contributed by atoms with van der Waals surface area (Å²) < 4.78 is 172. The lowest BCUT2D eigenvalue weighted by molar-refractivity contribution is -0.430. The van der Waals surface area contributed by atoms with E-state index in [1.807, 2.05) is 9.47 Å². The first-order chi connectivity index (χ1) is 10.1. The number of ether oxygens (including phenoxy) is 2. The Balaban J connectivity index is 5.36. The van der Waals surface area contributed by atoms with Gasteiger partial charge in [0.05, 0.1) is 0 Å². The molecule has 0 spiro atoms. The molecule has 0 aliphatic carbocycles. The lowest BCUT2D eigenvalue weighted by Gasteiger charge is -2.29. The Morgan fingerprint density at radius 3 is 0.875 bits per heavy atom. The second-order valence-corrected chi connectivity index (χ2v) is 3.63. The highest BCUT2D eigenvalue weighted by Gasteiger charge is 2.78. The maximum absolute atomic E-state index is 12.4. The van der Waals surface area contributed by atoms with Crippen molar-refractivity contribution < 1.29 is 75.7 Å². The number of carbonyl (C=O) groups is 1. The van der Waals surface area contributed by atoms with E-state index in [0.717, 1.165) is 0 Å². The van der Waals surface area contributed by atoms with Crippen molar-refractivity contribution >= 4 is 6.16 Å². The first-order valence-electron chi connectivity index (χ1n) is 4.67. The summed E-state index contributed by atoms with van der Waals surface area (Å²) in [5, 5.41) is 0. The fourth-order valence-corrected chi connectivity index (χ4v) is 0.688. The monoisotopic (exact) mass is 398 g/mol. The maximum Gasteiger partial charge on any atom is 0.518 e. The van der Waals surface area contributed by atoms with Crippen LogP contribution in [0.5, 0.6) is 0 Å². The van der Waals surface area contributed by atoms with E-state index in [2.05, 4.69) is 0 Å². The van der Waals surface area contributed by atoms with E-state index in [4.69, 9.17) is 0 Å². The van der Waals surface area contributed by atoms with Gasteiger partial charge >= 0.3 is 42.6 Å². The van der Waals surface area contributed by atoms with E-state index in [0.29, 0.717) is 0 Å². The molecule has 24 heavy (non-hydrogen) atoms. The van der Waals surface area contributed by atoms with Gasteiger partial charge in [-0.15, -0.1) is 0 Å². The van der Waals surface area contributed by atoms with Crippen molar-refractivity contribution in [3.8, 4) is 0 Å². The molecule has 0 aliphatic heterocycles. The minimum Gasteiger partial charge on any atom is -0.363 e. The summed E-state index contributed by atoms with van der Waals surface area (Å²) >= 11 is 0. The van der Waals surface area contributed by atoms with Crippen LogP contribution in [-0.2, 0) is 9.47 Å². The Kier molecular flexibility index (Phi) is 5.27. The molecule has 0 aliphatic rings. The summed E-state index contributed by atoms with van der Waals surface area (Å²) in [5.74, 6) is -14.4. The van der Waals surface area contributed by atoms with Crippen molar-refractivity contribution in [3.05, 3.63) is 0 Å². The third-order valence-electron chi connectivity index (χ3n) is 1.87. The molecule has 0 amide bonds. The molecule has 144 valence electrons. The molecule has 0 rings (SSSR count). The van der Waals surface area contributed by atoms with Gasteiger partial charge in [-0.05, 0) is 0 Å². The smallest absolute Gasteiger partial charge is 0.363 e. The Hall–Kier alpha value is -1.71. The molecule has 0 N–H and O–H groups in total. The predicted octanol–water partition coefficient (Wildman–Crippen LogP) is 4.72. The highest BCUT2D eigenvalue weighted by atomic mass is 19.4. The van der Waals surface area contributed by atoms with Crippen molar-refractivity contribution in [1.29, 1.82) is 0 Å². The first-order valence-corrected chi connectivity index (χ1v) is 4.67. The number of carbonyl (C=O) groups excluding carboxylic acids is 1. The third-order valence-corrected chi connectivity index (χ3v) is 1.87.